The topological polar surface area (TPSA) is 497 Å². The number of nitrogens with zero attached hydrogens (tertiary/aromatic N) is 2. The fourth-order valence-corrected chi connectivity index (χ4v) is 14.8. The van der Waals surface area contributed by atoms with Crippen molar-refractivity contribution in [3.8, 4) is 23.2 Å². The molecule has 4 aliphatic rings. The van der Waals surface area contributed by atoms with Crippen molar-refractivity contribution in [1.29, 1.82) is 0 Å². The summed E-state index contributed by atoms with van der Waals surface area (Å²) in [4.78, 5) is 164. The highest BCUT2D eigenvalue weighted by atomic mass is 28.2. The van der Waals surface area contributed by atoms with Crippen LogP contribution in [0, 0.1) is 30.5 Å². The van der Waals surface area contributed by atoms with Gasteiger partial charge in [0.1, 0.15) is 68.4 Å². The highest BCUT2D eigenvalue weighted by Gasteiger charge is 2.47. The van der Waals surface area contributed by atoms with E-state index in [0.29, 0.717) is 109 Å². The average molecular weight is 1640 g/mol. The molecule has 2 unspecified atom stereocenters. The Bertz CT molecular complexity index is 4270. The van der Waals surface area contributed by atoms with Crippen LogP contribution in [0.25, 0.3) is 22.3 Å². The van der Waals surface area contributed by atoms with E-state index in [2.05, 4.69) is 59.7 Å². The number of unbranched alkanes of at least 4 members (excludes halogenated alkanes) is 1. The number of benzene rings is 2. The lowest BCUT2D eigenvalue weighted by Crippen LogP contribution is -2.66. The number of aliphatic carboxylic acids is 1. The molecular formula is C79H108FN13O22Si. The Balaban J connectivity index is 0.770. The molecule has 0 saturated heterocycles. The van der Waals surface area contributed by atoms with Gasteiger partial charge in [-0.2, -0.15) is 0 Å². The number of rotatable bonds is 48. The number of primary amides is 1. The minimum absolute atomic E-state index is 0.0265. The first-order chi connectivity index (χ1) is 55.7. The number of halogens is 1. The standard InChI is InChI=1S/C79H108FN13O22Si/c1-6-78(107)55-39-61-69-53(41-93(61)73(102)54(55)43-114-75(78)104)67-57(24-23-52-48(4)56(80)40-60(88-69)66(52)67)87-64(96)44-112-46-85-70(99)58(17-12-13-28-81)90-77(106)115-42-49-19-21-50(22-20-49)86-71(100)59(18-14-29-84-76(82)105)89-72(101)68(47(2)3)91-74(103)79(116-5,27-25-65(97)98)92-62(94)26-31-108-33-35-110-37-38-111-36-34-109-32-30-83-63(95)45-113-51-15-10-8-7-9-11-16-51/h19-22,39-40,47,51,57-59,68,107H,6-10,12-15,17-18,23-38,41-46,81H2,1-5H3,(H,83,95)(H,85,99)(H,86,100)(H,87,96)(H,89,101)(H,90,106)(H,91,103)(H,92,94)(H,97,98)(H3,82,84,105)/t51?,57-,58-,59-,68-,78-,79?/m0/s1. The Morgan fingerprint density at radius 1 is 0.784 bits per heavy atom. The van der Waals surface area contributed by atoms with Gasteiger partial charge in [0.25, 0.3) is 5.56 Å². The van der Waals surface area contributed by atoms with E-state index in [9.17, 15) is 67.7 Å². The quantitative estimate of drug-likeness (QED) is 0.00874. The number of amides is 10. The van der Waals surface area contributed by atoms with Crippen LogP contribution in [0.1, 0.15) is 162 Å². The molecule has 35 nitrogen and oxygen atoms in total. The molecule has 0 saturated carbocycles. The predicted octanol–water partition coefficient (Wildman–Crippen LogP) is 2.51. The molecule has 2 radical (unpaired) electrons. The van der Waals surface area contributed by atoms with E-state index in [4.69, 9.17) is 54.3 Å². The molecule has 2 aromatic carbocycles. The molecule has 37 heteroatoms. The number of aryl methyl sites for hydroxylation is 1. The van der Waals surface area contributed by atoms with Crippen molar-refractivity contribution in [3.63, 3.8) is 0 Å². The van der Waals surface area contributed by atoms with E-state index < -0.39 is 141 Å². The van der Waals surface area contributed by atoms with Crippen molar-refractivity contribution in [1.82, 2.24) is 52.1 Å². The molecule has 4 aromatic rings. The second-order valence-corrected chi connectivity index (χ2v) is 30.2. The number of hydrogen-bond donors (Lipinski definition) is 13. The molecule has 8 rings (SSSR count). The summed E-state index contributed by atoms with van der Waals surface area (Å²) < 4.78 is 61.2. The summed E-state index contributed by atoms with van der Waals surface area (Å²) in [6.07, 6.45) is 4.49. The summed E-state index contributed by atoms with van der Waals surface area (Å²) in [5.41, 5.74) is 12.7. The van der Waals surface area contributed by atoms with Gasteiger partial charge in [-0.25, -0.2) is 23.8 Å². The van der Waals surface area contributed by atoms with Gasteiger partial charge < -0.3 is 112 Å². The second kappa shape index (κ2) is 45.5. The molecule has 2 aromatic heterocycles. The number of aliphatic hydroxyl groups is 1. The number of carboxylic acids is 1. The minimum atomic E-state index is -2.08. The van der Waals surface area contributed by atoms with Gasteiger partial charge in [0.2, 0.25) is 41.4 Å². The number of ether oxygens (including phenoxy) is 8. The Labute approximate surface area is 673 Å². The van der Waals surface area contributed by atoms with Crippen LogP contribution in [0.4, 0.5) is 19.7 Å². The monoisotopic (exact) mass is 1640 g/mol. The third kappa shape index (κ3) is 26.0. The number of carbonyl (C=O) groups excluding carboxylic acids is 10. The lowest BCUT2D eigenvalue weighted by atomic mass is 9.81. The van der Waals surface area contributed by atoms with E-state index in [0.717, 1.165) is 32.1 Å². The molecule has 15 N–H and O–H groups in total. The van der Waals surface area contributed by atoms with Crippen LogP contribution < -0.4 is 64.9 Å². The minimum Gasteiger partial charge on any atom is -0.481 e. The number of alkyl carbamates (subject to hydrolysis) is 1. The Hall–Kier alpha value is -10.0. The highest BCUT2D eigenvalue weighted by Crippen LogP contribution is 2.46. The predicted molar refractivity (Wildman–Crippen MR) is 419 cm³/mol. The van der Waals surface area contributed by atoms with Gasteiger partial charge in [0.05, 0.1) is 97.4 Å². The molecule has 116 heavy (non-hydrogen) atoms. The van der Waals surface area contributed by atoms with Crippen molar-refractivity contribution in [3.05, 3.63) is 91.5 Å². The number of urea groups is 1. The maximum absolute atomic E-state index is 15.5. The van der Waals surface area contributed by atoms with Crippen LogP contribution in [0.3, 0.4) is 0 Å². The molecule has 0 fully saturated rings. The van der Waals surface area contributed by atoms with E-state index in [1.54, 1.807) is 52.4 Å². The summed E-state index contributed by atoms with van der Waals surface area (Å²) >= 11 is 0. The smallest absolute Gasteiger partial charge is 0.408 e. The van der Waals surface area contributed by atoms with Gasteiger partial charge in [-0.1, -0.05) is 51.8 Å². The molecule has 632 valence electrons. The molecule has 10 amide bonds. The Kier molecular flexibility index (Phi) is 35.9. The first-order valence-corrected chi connectivity index (χ1v) is 40.7. The van der Waals surface area contributed by atoms with Gasteiger partial charge in [-0.3, -0.25) is 43.2 Å². The number of aromatic nitrogens is 2. The summed E-state index contributed by atoms with van der Waals surface area (Å²) in [6.45, 7) is 8.81. The summed E-state index contributed by atoms with van der Waals surface area (Å²) in [5.74, 6) is -1.48. The maximum atomic E-state index is 15.5. The van der Waals surface area contributed by atoms with Crippen LogP contribution >= 0.6 is 0 Å². The molecule has 2 aliphatic carbocycles. The second-order valence-electron chi connectivity index (χ2n) is 28.8. The summed E-state index contributed by atoms with van der Waals surface area (Å²) in [7, 11) is -0.391. The van der Waals surface area contributed by atoms with Crippen molar-refractivity contribution in [2.75, 3.05) is 97.8 Å². The number of pyridine rings is 2. The SMILES string of the molecule is CC[C@@]1(O)C(=O)OCc2c1cc1n(c2=O)Cc2c-1nc1cc(F)c(C)c3c1c2[C@@H](NC(=O)COCNC(=O)[C@H](CCCCN)NC(=O)OCc1ccc(NC(=O)[C@H](CCCNC(N)=O)NC(=O)[C@@H](NC(=O)C(CCC(=O)O)(NC(=O)CCOCCOCCOCCOCCNC(=O)COC2C#CCCCCC2)[Si]C)C(C)C)cc1)CC3. The third-order valence-electron chi connectivity index (χ3n) is 20.3. The summed E-state index contributed by atoms with van der Waals surface area (Å²) in [6, 6.07) is 3.75. The van der Waals surface area contributed by atoms with E-state index in [1.165, 1.54) is 22.8 Å². The zero-order chi connectivity index (χ0) is 83.9. The highest BCUT2D eigenvalue weighted by molar-refractivity contribution is 6.46. The van der Waals surface area contributed by atoms with Crippen molar-refractivity contribution in [2.45, 2.75) is 198 Å². The number of cyclic esters (lactones) is 1. The number of carboxylic acid groups (broad SMARTS) is 1. The lowest BCUT2D eigenvalue weighted by Gasteiger charge is -2.34. The third-order valence-corrected chi connectivity index (χ3v) is 21.7. The van der Waals surface area contributed by atoms with Gasteiger partial charge in [0, 0.05) is 60.6 Å². The molecule has 7 atom stereocenters. The normalized spacial score (nSPS) is 17.1. The van der Waals surface area contributed by atoms with Gasteiger partial charge >= 0.3 is 24.1 Å². The number of anilines is 1. The van der Waals surface area contributed by atoms with Crippen LogP contribution in [-0.2, 0) is 113 Å². The van der Waals surface area contributed by atoms with Gasteiger partial charge in [-0.15, -0.1) is 5.92 Å². The molecule has 0 bridgehead atoms. The maximum Gasteiger partial charge on any atom is 0.408 e. The van der Waals surface area contributed by atoms with Crippen LogP contribution in [0.5, 0.6) is 0 Å². The first-order valence-electron chi connectivity index (χ1n) is 39.2. The Morgan fingerprint density at radius 2 is 1.49 bits per heavy atom. The van der Waals surface area contributed by atoms with Gasteiger partial charge in [0.15, 0.2) is 5.60 Å². The number of carbonyl (C=O) groups is 11. The number of hydrogen-bond acceptors (Lipinski definition) is 23. The Morgan fingerprint density at radius 3 is 2.18 bits per heavy atom. The van der Waals surface area contributed by atoms with Crippen LogP contribution in [0.15, 0.2) is 41.2 Å². The van der Waals surface area contributed by atoms with E-state index in [-0.39, 0.29) is 133 Å². The number of nitrogens with two attached hydrogens (primary N) is 2. The molecule has 2 aliphatic heterocycles. The largest absolute Gasteiger partial charge is 0.481 e. The first kappa shape index (κ1) is 91.5. The van der Waals surface area contributed by atoms with Crippen LogP contribution in [0.2, 0.25) is 6.55 Å². The van der Waals surface area contributed by atoms with E-state index in [1.807, 2.05) is 0 Å². The summed E-state index contributed by atoms with van der Waals surface area (Å²) in [5, 5.41) is 44.2. The van der Waals surface area contributed by atoms with Crippen LogP contribution in [-0.4, -0.2) is 217 Å². The zero-order valence-corrected chi connectivity index (χ0v) is 67.2. The van der Waals surface area contributed by atoms with E-state index >= 15 is 4.39 Å². The number of esters is 1. The number of nitrogens with one attached hydrogen (secondary N) is 9. The average Bonchev–Trinajstić information content (AvgIpc) is 1.52. The van der Waals surface area contributed by atoms with Gasteiger partial charge in [-0.05, 0) is 137 Å². The fourth-order valence-electron chi connectivity index (χ4n) is 13.8. The molecular weight excluding hydrogens is 1530 g/mol. The van der Waals surface area contributed by atoms with Crippen molar-refractivity contribution in [2.24, 2.45) is 17.4 Å². The molecule has 0 spiro atoms. The molecule has 4 heterocycles. The van der Waals surface area contributed by atoms with Crippen molar-refractivity contribution < 1.29 is 105 Å². The lowest BCUT2D eigenvalue weighted by molar-refractivity contribution is -0.172. The zero-order valence-electron chi connectivity index (χ0n) is 66.2. The van der Waals surface area contributed by atoms with Crippen molar-refractivity contribution >= 4 is 91.5 Å². The number of fused-ring (bicyclic) bond motifs is 5. The fraction of sp³-hybridized carbons (Fsp3) is 0.582.